The van der Waals surface area contributed by atoms with Gasteiger partial charge in [-0.2, -0.15) is 0 Å². The van der Waals surface area contributed by atoms with Crippen molar-refractivity contribution in [3.05, 3.63) is 0 Å². The largest absolute Gasteiger partial charge is 0.480 e. The highest BCUT2D eigenvalue weighted by Crippen LogP contribution is 2.33. The summed E-state index contributed by atoms with van der Waals surface area (Å²) >= 11 is 0. The highest BCUT2D eigenvalue weighted by atomic mass is 16.4. The van der Waals surface area contributed by atoms with Gasteiger partial charge in [-0.25, -0.2) is 9.59 Å². The van der Waals surface area contributed by atoms with E-state index in [9.17, 15) is 14.7 Å². The fourth-order valence-electron chi connectivity index (χ4n) is 3.88. The lowest BCUT2D eigenvalue weighted by molar-refractivity contribution is -0.146. The second-order valence-corrected chi connectivity index (χ2v) is 6.77. The van der Waals surface area contributed by atoms with Crippen LogP contribution in [0.2, 0.25) is 0 Å². The van der Waals surface area contributed by atoms with E-state index in [0.717, 1.165) is 45.1 Å². The predicted molar refractivity (Wildman–Crippen MR) is 81.2 cm³/mol. The molecule has 0 aromatic heterocycles. The van der Waals surface area contributed by atoms with Crippen LogP contribution in [0.3, 0.4) is 0 Å². The molecule has 2 aliphatic rings. The predicted octanol–water partition coefficient (Wildman–Crippen LogP) is 2.99. The van der Waals surface area contributed by atoms with Gasteiger partial charge in [-0.3, -0.25) is 0 Å². The maximum atomic E-state index is 12.6. The highest BCUT2D eigenvalue weighted by Gasteiger charge is 2.44. The van der Waals surface area contributed by atoms with E-state index in [1.807, 2.05) is 4.90 Å². The number of nitrogens with one attached hydrogen (secondary N) is 1. The molecule has 1 heterocycles. The summed E-state index contributed by atoms with van der Waals surface area (Å²) in [5.74, 6) is -0.536. The van der Waals surface area contributed by atoms with E-state index in [1.165, 1.54) is 0 Å². The fourth-order valence-corrected chi connectivity index (χ4v) is 3.88. The van der Waals surface area contributed by atoms with E-state index < -0.39 is 11.5 Å². The average Bonchev–Trinajstić information content (AvgIpc) is 2.47. The lowest BCUT2D eigenvalue weighted by Crippen LogP contribution is -2.61. The van der Waals surface area contributed by atoms with Crippen molar-refractivity contribution >= 4 is 12.0 Å². The third-order valence-corrected chi connectivity index (χ3v) is 5.11. The molecule has 5 nitrogen and oxygen atoms in total. The van der Waals surface area contributed by atoms with Gasteiger partial charge < -0.3 is 15.3 Å². The van der Waals surface area contributed by atoms with Crippen LogP contribution < -0.4 is 5.32 Å². The molecule has 0 spiro atoms. The molecular formula is C16H28N2O3. The maximum absolute atomic E-state index is 12.6. The van der Waals surface area contributed by atoms with E-state index in [1.54, 1.807) is 0 Å². The average molecular weight is 296 g/mol. The SMILES string of the molecule is CCC1CCCCN1C(=O)NC1(C(=O)O)CCCC(C)C1. The van der Waals surface area contributed by atoms with Crippen LogP contribution in [0, 0.1) is 5.92 Å². The summed E-state index contributed by atoms with van der Waals surface area (Å²) in [6, 6.07) is 0.0728. The molecule has 0 radical (unpaired) electrons. The Morgan fingerprint density at radius 2 is 2.05 bits per heavy atom. The van der Waals surface area contributed by atoms with Gasteiger partial charge in [-0.15, -0.1) is 0 Å². The van der Waals surface area contributed by atoms with Crippen molar-refractivity contribution in [1.29, 1.82) is 0 Å². The van der Waals surface area contributed by atoms with Crippen molar-refractivity contribution < 1.29 is 14.7 Å². The minimum absolute atomic E-state index is 0.182. The third-order valence-electron chi connectivity index (χ3n) is 5.11. The number of hydrogen-bond acceptors (Lipinski definition) is 2. The number of carboxylic acid groups (broad SMARTS) is 1. The molecular weight excluding hydrogens is 268 g/mol. The highest BCUT2D eigenvalue weighted by molar-refractivity contribution is 5.86. The number of carboxylic acids is 1. The zero-order valence-electron chi connectivity index (χ0n) is 13.2. The summed E-state index contributed by atoms with van der Waals surface area (Å²) in [6.07, 6.45) is 7.13. The number of urea groups is 1. The minimum atomic E-state index is -1.06. The standard InChI is InChI=1S/C16H28N2O3/c1-3-13-8-4-5-10-18(13)15(21)17-16(14(19)20)9-6-7-12(2)11-16/h12-13H,3-11H2,1-2H3,(H,17,21)(H,19,20). The molecule has 0 bridgehead atoms. The number of piperidine rings is 1. The molecule has 0 aromatic rings. The van der Waals surface area contributed by atoms with Gasteiger partial charge in [0, 0.05) is 12.6 Å². The van der Waals surface area contributed by atoms with Gasteiger partial charge in [0.25, 0.3) is 0 Å². The van der Waals surface area contributed by atoms with E-state index in [-0.39, 0.29) is 12.1 Å². The number of likely N-dealkylation sites (tertiary alicyclic amines) is 1. The Balaban J connectivity index is 2.09. The molecule has 1 aliphatic carbocycles. The molecule has 2 rings (SSSR count). The van der Waals surface area contributed by atoms with Gasteiger partial charge in [-0.1, -0.05) is 26.7 Å². The molecule has 2 fully saturated rings. The van der Waals surface area contributed by atoms with Crippen LogP contribution in [0.25, 0.3) is 0 Å². The third kappa shape index (κ3) is 3.50. The van der Waals surface area contributed by atoms with Gasteiger partial charge in [0.05, 0.1) is 0 Å². The summed E-state index contributed by atoms with van der Waals surface area (Å²) in [4.78, 5) is 26.2. The maximum Gasteiger partial charge on any atom is 0.329 e. The van der Waals surface area contributed by atoms with Crippen LogP contribution in [0.15, 0.2) is 0 Å². The molecule has 2 N–H and O–H groups in total. The minimum Gasteiger partial charge on any atom is -0.480 e. The van der Waals surface area contributed by atoms with E-state index in [2.05, 4.69) is 19.2 Å². The van der Waals surface area contributed by atoms with Crippen molar-refractivity contribution in [2.75, 3.05) is 6.54 Å². The number of carbonyl (C=O) groups excluding carboxylic acids is 1. The summed E-state index contributed by atoms with van der Waals surface area (Å²) in [5.41, 5.74) is -1.06. The molecule has 0 aromatic carbocycles. The zero-order chi connectivity index (χ0) is 15.5. The first kappa shape index (κ1) is 16.1. The fraction of sp³-hybridized carbons (Fsp3) is 0.875. The number of amides is 2. The first-order chi connectivity index (χ1) is 9.98. The molecule has 1 saturated carbocycles. The molecule has 2 amide bonds. The van der Waals surface area contributed by atoms with Crippen molar-refractivity contribution in [3.63, 3.8) is 0 Å². The molecule has 1 saturated heterocycles. The van der Waals surface area contributed by atoms with Crippen LogP contribution in [-0.2, 0) is 4.79 Å². The number of hydrogen-bond donors (Lipinski definition) is 2. The number of carbonyl (C=O) groups is 2. The first-order valence-corrected chi connectivity index (χ1v) is 8.30. The van der Waals surface area contributed by atoms with Crippen LogP contribution in [0.1, 0.15) is 65.2 Å². The Bertz CT molecular complexity index is 399. The van der Waals surface area contributed by atoms with E-state index in [4.69, 9.17) is 0 Å². The molecule has 120 valence electrons. The molecule has 3 atom stereocenters. The molecule has 1 aliphatic heterocycles. The molecule has 3 unspecified atom stereocenters. The van der Waals surface area contributed by atoms with Crippen LogP contribution in [-0.4, -0.2) is 40.1 Å². The zero-order valence-corrected chi connectivity index (χ0v) is 13.2. The Morgan fingerprint density at radius 1 is 1.29 bits per heavy atom. The van der Waals surface area contributed by atoms with Crippen LogP contribution in [0.4, 0.5) is 4.79 Å². The summed E-state index contributed by atoms with van der Waals surface area (Å²) in [6.45, 7) is 4.90. The van der Waals surface area contributed by atoms with Crippen LogP contribution in [0.5, 0.6) is 0 Å². The van der Waals surface area contributed by atoms with E-state index in [0.29, 0.717) is 18.8 Å². The topological polar surface area (TPSA) is 69.6 Å². The quantitative estimate of drug-likeness (QED) is 0.841. The van der Waals surface area contributed by atoms with Crippen molar-refractivity contribution in [2.24, 2.45) is 5.92 Å². The molecule has 5 heteroatoms. The second-order valence-electron chi connectivity index (χ2n) is 6.77. The Labute approximate surface area is 127 Å². The van der Waals surface area contributed by atoms with Gasteiger partial charge in [-0.05, 0) is 44.4 Å². The van der Waals surface area contributed by atoms with Crippen LogP contribution >= 0.6 is 0 Å². The second kappa shape index (κ2) is 6.67. The summed E-state index contributed by atoms with van der Waals surface area (Å²) in [5, 5.41) is 12.5. The van der Waals surface area contributed by atoms with Gasteiger partial charge in [0.15, 0.2) is 0 Å². The Morgan fingerprint density at radius 3 is 2.67 bits per heavy atom. The van der Waals surface area contributed by atoms with Crippen molar-refractivity contribution in [1.82, 2.24) is 10.2 Å². The number of aliphatic carboxylic acids is 1. The van der Waals surface area contributed by atoms with E-state index >= 15 is 0 Å². The first-order valence-electron chi connectivity index (χ1n) is 8.30. The van der Waals surface area contributed by atoms with Crippen molar-refractivity contribution in [3.8, 4) is 0 Å². The summed E-state index contributed by atoms with van der Waals surface area (Å²) in [7, 11) is 0. The van der Waals surface area contributed by atoms with Gasteiger partial charge in [0.2, 0.25) is 0 Å². The van der Waals surface area contributed by atoms with Crippen molar-refractivity contribution in [2.45, 2.75) is 76.8 Å². The Hall–Kier alpha value is -1.26. The van der Waals surface area contributed by atoms with Gasteiger partial charge in [0.1, 0.15) is 5.54 Å². The lowest BCUT2D eigenvalue weighted by Gasteiger charge is -2.41. The monoisotopic (exact) mass is 296 g/mol. The lowest BCUT2D eigenvalue weighted by atomic mass is 9.76. The van der Waals surface area contributed by atoms with Gasteiger partial charge >= 0.3 is 12.0 Å². The Kier molecular flexibility index (Phi) is 5.12. The normalized spacial score (nSPS) is 33.5. The molecule has 21 heavy (non-hydrogen) atoms. The smallest absolute Gasteiger partial charge is 0.329 e. The number of rotatable bonds is 3. The summed E-state index contributed by atoms with van der Waals surface area (Å²) < 4.78 is 0. The number of nitrogens with zero attached hydrogens (tertiary/aromatic N) is 1.